The molecule has 0 spiro atoms. The van der Waals surface area contributed by atoms with Gasteiger partial charge in [-0.15, -0.1) is 11.6 Å². The summed E-state index contributed by atoms with van der Waals surface area (Å²) in [6, 6.07) is 5.35. The Hall–Kier alpha value is -0.100. The van der Waals surface area contributed by atoms with Crippen molar-refractivity contribution in [3.63, 3.8) is 0 Å². The lowest BCUT2D eigenvalue weighted by molar-refractivity contribution is -0.0510. The Kier molecular flexibility index (Phi) is 5.60. The van der Waals surface area contributed by atoms with E-state index in [9.17, 15) is 8.78 Å². The Morgan fingerprint density at radius 1 is 1.40 bits per heavy atom. The van der Waals surface area contributed by atoms with Crippen LogP contribution in [0.3, 0.4) is 0 Å². The number of halogens is 4. The lowest BCUT2D eigenvalue weighted by Crippen LogP contribution is -2.06. The number of rotatable bonds is 5. The number of alkyl halides is 3. The lowest BCUT2D eigenvalue weighted by Gasteiger charge is -2.11. The zero-order valence-electron chi connectivity index (χ0n) is 7.85. The second-order valence-corrected chi connectivity index (χ2v) is 4.44. The normalized spacial score (nSPS) is 10.7. The number of para-hydroxylation sites is 1. The predicted octanol–water partition coefficient (Wildman–Crippen LogP) is 4.06. The van der Waals surface area contributed by atoms with Gasteiger partial charge in [0.25, 0.3) is 0 Å². The number of aryl methyl sites for hydroxylation is 1. The van der Waals surface area contributed by atoms with Crippen LogP contribution in [0.25, 0.3) is 0 Å². The largest absolute Gasteiger partial charge is 0.433 e. The highest BCUT2D eigenvalue weighted by atomic mass is 127. The summed E-state index contributed by atoms with van der Waals surface area (Å²) in [4.78, 5) is 0. The molecule has 0 atom stereocenters. The fourth-order valence-electron chi connectivity index (χ4n) is 1.23. The van der Waals surface area contributed by atoms with E-state index in [2.05, 4.69) is 4.74 Å². The van der Waals surface area contributed by atoms with E-state index in [0.717, 1.165) is 12.0 Å². The fourth-order valence-corrected chi connectivity index (χ4v) is 2.04. The van der Waals surface area contributed by atoms with Gasteiger partial charge >= 0.3 is 6.61 Å². The molecule has 0 N–H and O–H groups in total. The van der Waals surface area contributed by atoms with Crippen molar-refractivity contribution < 1.29 is 13.5 Å². The summed E-state index contributed by atoms with van der Waals surface area (Å²) in [5, 5.41) is 0. The molecule has 0 aromatic heterocycles. The SMILES string of the molecule is FC(F)Oc1c(I)cccc1CCCCl. The maximum absolute atomic E-state index is 12.2. The molecule has 0 radical (unpaired) electrons. The molecule has 0 bridgehead atoms. The molecule has 1 aromatic rings. The van der Waals surface area contributed by atoms with Gasteiger partial charge in [-0.05, 0) is 47.1 Å². The highest BCUT2D eigenvalue weighted by molar-refractivity contribution is 14.1. The van der Waals surface area contributed by atoms with Crippen molar-refractivity contribution in [2.45, 2.75) is 19.5 Å². The standard InChI is InChI=1S/C10H10ClF2IO/c11-6-2-4-7-3-1-5-8(14)9(7)15-10(12)13/h1,3,5,10H,2,4,6H2. The molecule has 5 heteroatoms. The second kappa shape index (κ2) is 6.48. The van der Waals surface area contributed by atoms with Crippen LogP contribution < -0.4 is 4.74 Å². The van der Waals surface area contributed by atoms with Gasteiger partial charge in [0.15, 0.2) is 0 Å². The lowest BCUT2D eigenvalue weighted by atomic mass is 10.1. The van der Waals surface area contributed by atoms with Gasteiger partial charge in [-0.2, -0.15) is 8.78 Å². The molecule has 0 saturated heterocycles. The Bertz CT molecular complexity index is 320. The summed E-state index contributed by atoms with van der Waals surface area (Å²) in [6.07, 6.45) is 1.41. The first-order chi connectivity index (χ1) is 7.15. The van der Waals surface area contributed by atoms with Gasteiger partial charge in [-0.1, -0.05) is 12.1 Å². The van der Waals surface area contributed by atoms with Gasteiger partial charge in [0.1, 0.15) is 5.75 Å². The van der Waals surface area contributed by atoms with Crippen molar-refractivity contribution in [2.75, 3.05) is 5.88 Å². The molecular weight excluding hydrogens is 336 g/mol. The van der Waals surface area contributed by atoms with Gasteiger partial charge in [-0.25, -0.2) is 0 Å². The van der Waals surface area contributed by atoms with E-state index >= 15 is 0 Å². The summed E-state index contributed by atoms with van der Waals surface area (Å²) >= 11 is 7.54. The van der Waals surface area contributed by atoms with Gasteiger partial charge in [-0.3, -0.25) is 0 Å². The molecule has 0 aliphatic heterocycles. The minimum absolute atomic E-state index is 0.276. The molecule has 0 amide bonds. The monoisotopic (exact) mass is 346 g/mol. The van der Waals surface area contributed by atoms with Crippen molar-refractivity contribution in [2.24, 2.45) is 0 Å². The van der Waals surface area contributed by atoms with Crippen LogP contribution in [-0.2, 0) is 6.42 Å². The van der Waals surface area contributed by atoms with Crippen LogP contribution >= 0.6 is 34.2 Å². The molecule has 84 valence electrons. The summed E-state index contributed by atoms with van der Waals surface area (Å²) in [5.74, 6) is 0.790. The second-order valence-electron chi connectivity index (χ2n) is 2.90. The van der Waals surface area contributed by atoms with Crippen LogP contribution in [0.5, 0.6) is 5.75 Å². The van der Waals surface area contributed by atoms with Crippen molar-refractivity contribution >= 4 is 34.2 Å². The highest BCUT2D eigenvalue weighted by Gasteiger charge is 2.12. The van der Waals surface area contributed by atoms with Crippen molar-refractivity contribution in [1.29, 1.82) is 0 Å². The van der Waals surface area contributed by atoms with E-state index in [1.165, 1.54) is 0 Å². The molecule has 0 unspecified atom stereocenters. The quantitative estimate of drug-likeness (QED) is 0.577. The summed E-state index contributed by atoms with van der Waals surface area (Å²) in [6.45, 7) is -2.78. The third-order valence-electron chi connectivity index (χ3n) is 1.84. The smallest absolute Gasteiger partial charge is 0.387 e. The highest BCUT2D eigenvalue weighted by Crippen LogP contribution is 2.28. The van der Waals surface area contributed by atoms with Crippen molar-refractivity contribution in [1.82, 2.24) is 0 Å². The van der Waals surface area contributed by atoms with Crippen LogP contribution in [0.1, 0.15) is 12.0 Å². The Labute approximate surface area is 106 Å². The first-order valence-corrected chi connectivity index (χ1v) is 6.04. The van der Waals surface area contributed by atoms with Crippen molar-refractivity contribution in [3.8, 4) is 5.75 Å². The first kappa shape index (κ1) is 13.0. The van der Waals surface area contributed by atoms with Gasteiger partial charge < -0.3 is 4.74 Å². The third-order valence-corrected chi connectivity index (χ3v) is 2.95. The Morgan fingerprint density at radius 3 is 2.73 bits per heavy atom. The molecule has 1 aromatic carbocycles. The van der Waals surface area contributed by atoms with E-state index in [1.807, 2.05) is 28.7 Å². The molecule has 15 heavy (non-hydrogen) atoms. The van der Waals surface area contributed by atoms with Crippen LogP contribution in [0.2, 0.25) is 0 Å². The molecular formula is C10H10ClF2IO. The average molecular weight is 347 g/mol. The zero-order chi connectivity index (χ0) is 11.3. The van der Waals surface area contributed by atoms with Crippen LogP contribution in [0, 0.1) is 3.57 Å². The molecule has 0 saturated carbocycles. The number of hydrogen-bond donors (Lipinski definition) is 0. The minimum atomic E-state index is -2.78. The van der Waals surface area contributed by atoms with Crippen LogP contribution in [0.15, 0.2) is 18.2 Å². The summed E-state index contributed by atoms with van der Waals surface area (Å²) < 4.78 is 29.5. The molecule has 0 aliphatic rings. The van der Waals surface area contributed by atoms with E-state index in [0.29, 0.717) is 15.9 Å². The maximum atomic E-state index is 12.2. The van der Waals surface area contributed by atoms with E-state index in [1.54, 1.807) is 12.1 Å². The summed E-state index contributed by atoms with van der Waals surface area (Å²) in [7, 11) is 0. The van der Waals surface area contributed by atoms with Crippen molar-refractivity contribution in [3.05, 3.63) is 27.3 Å². The Morgan fingerprint density at radius 2 is 2.13 bits per heavy atom. The first-order valence-electron chi connectivity index (χ1n) is 4.43. The van der Waals surface area contributed by atoms with Crippen LogP contribution in [0.4, 0.5) is 8.78 Å². The van der Waals surface area contributed by atoms with Gasteiger partial charge in [0, 0.05) is 5.88 Å². The number of benzene rings is 1. The summed E-state index contributed by atoms with van der Waals surface area (Å²) in [5.41, 5.74) is 0.780. The molecule has 0 fully saturated rings. The zero-order valence-corrected chi connectivity index (χ0v) is 10.8. The van der Waals surface area contributed by atoms with E-state index < -0.39 is 6.61 Å². The minimum Gasteiger partial charge on any atom is -0.433 e. The molecule has 0 heterocycles. The molecule has 1 nitrogen and oxygen atoms in total. The Balaban J connectivity index is 2.87. The average Bonchev–Trinajstić information content (AvgIpc) is 2.18. The number of ether oxygens (including phenoxy) is 1. The maximum Gasteiger partial charge on any atom is 0.387 e. The molecule has 0 aliphatic carbocycles. The van der Waals surface area contributed by atoms with Gasteiger partial charge in [0.05, 0.1) is 3.57 Å². The topological polar surface area (TPSA) is 9.23 Å². The van der Waals surface area contributed by atoms with Crippen LogP contribution in [-0.4, -0.2) is 12.5 Å². The fraction of sp³-hybridized carbons (Fsp3) is 0.400. The van der Waals surface area contributed by atoms with Gasteiger partial charge in [0.2, 0.25) is 0 Å². The van der Waals surface area contributed by atoms with E-state index in [-0.39, 0.29) is 5.75 Å². The predicted molar refractivity (Wildman–Crippen MR) is 64.8 cm³/mol. The number of hydrogen-bond acceptors (Lipinski definition) is 1. The van der Waals surface area contributed by atoms with E-state index in [4.69, 9.17) is 11.6 Å². The third kappa shape index (κ3) is 4.10. The molecule has 1 rings (SSSR count).